The summed E-state index contributed by atoms with van der Waals surface area (Å²) in [7, 11) is 0. The molecule has 8 heteroatoms. The zero-order valence-corrected chi connectivity index (χ0v) is 13.2. The Morgan fingerprint density at radius 1 is 1.52 bits per heavy atom. The van der Waals surface area contributed by atoms with Crippen LogP contribution in [0.5, 0.6) is 0 Å². The van der Waals surface area contributed by atoms with Crippen LogP contribution in [0.3, 0.4) is 0 Å². The van der Waals surface area contributed by atoms with E-state index >= 15 is 0 Å². The summed E-state index contributed by atoms with van der Waals surface area (Å²) in [5.74, 6) is 0.232. The number of nitrogens with zero attached hydrogens (tertiary/aromatic N) is 4. The van der Waals surface area contributed by atoms with Gasteiger partial charge in [0.1, 0.15) is 10.7 Å². The first-order valence-electron chi connectivity index (χ1n) is 7.10. The molecule has 2 rings (SSSR count). The first kappa shape index (κ1) is 15.7. The lowest BCUT2D eigenvalue weighted by Crippen LogP contribution is -2.47. The van der Waals surface area contributed by atoms with E-state index in [1.807, 2.05) is 6.92 Å². The number of hydrogen-bond acceptors (Lipinski definition) is 6. The fourth-order valence-electron chi connectivity index (χ4n) is 2.50. The third-order valence-electron chi connectivity index (χ3n) is 4.12. The molecule has 0 radical (unpaired) electrons. The highest BCUT2D eigenvalue weighted by Crippen LogP contribution is 2.32. The molecule has 21 heavy (non-hydrogen) atoms. The van der Waals surface area contributed by atoms with Gasteiger partial charge < -0.3 is 15.8 Å². The molecule has 0 unspecified atom stereocenters. The van der Waals surface area contributed by atoms with E-state index in [9.17, 15) is 4.79 Å². The fraction of sp³-hybridized carbons (Fsp3) is 0.692. The minimum atomic E-state index is -0.344. The highest BCUT2D eigenvalue weighted by Gasteiger charge is 2.36. The molecule has 1 amide bonds. The number of nitrogens with two attached hydrogens (primary N) is 1. The average molecular weight is 311 g/mol. The molecule has 3 N–H and O–H groups in total. The molecule has 2 heterocycles. The van der Waals surface area contributed by atoms with Crippen molar-refractivity contribution >= 4 is 23.3 Å². The van der Waals surface area contributed by atoms with E-state index in [1.165, 1.54) is 0 Å². The summed E-state index contributed by atoms with van der Waals surface area (Å²) in [4.78, 5) is 15.0. The Labute approximate surface area is 128 Å². The summed E-state index contributed by atoms with van der Waals surface area (Å²) >= 11 is 1.16. The molecule has 1 aliphatic rings. The number of aromatic nitrogens is 2. The maximum Gasteiger partial charge on any atom is 0.267 e. The Balaban J connectivity index is 2.05. The van der Waals surface area contributed by atoms with Gasteiger partial charge in [-0.1, -0.05) is 29.9 Å². The number of piperidine rings is 1. The number of oxime groups is 1. The standard InChI is InChI=1S/C13H21N5O2S/c1-3-4-9-10(21-17-15-9)11(19)18-7-5-13(2,6-8-18)12(14)16-20/h20H,3-8H2,1-2H3,(H2,14,16). The van der Waals surface area contributed by atoms with Crippen molar-refractivity contribution in [1.82, 2.24) is 14.5 Å². The van der Waals surface area contributed by atoms with Crippen LogP contribution >= 0.6 is 11.5 Å². The van der Waals surface area contributed by atoms with Gasteiger partial charge in [-0.2, -0.15) is 0 Å². The van der Waals surface area contributed by atoms with Gasteiger partial charge in [0.25, 0.3) is 5.91 Å². The van der Waals surface area contributed by atoms with Crippen LogP contribution in [0.2, 0.25) is 0 Å². The molecule has 0 spiro atoms. The van der Waals surface area contributed by atoms with Crippen molar-refractivity contribution in [3.63, 3.8) is 0 Å². The molecule has 1 aliphatic heterocycles. The second kappa shape index (κ2) is 6.38. The van der Waals surface area contributed by atoms with Crippen LogP contribution in [-0.2, 0) is 6.42 Å². The summed E-state index contributed by atoms with van der Waals surface area (Å²) in [6, 6.07) is 0. The second-order valence-electron chi connectivity index (χ2n) is 5.64. The normalized spacial score (nSPS) is 18.8. The molecule has 0 atom stereocenters. The van der Waals surface area contributed by atoms with Crippen molar-refractivity contribution < 1.29 is 10.0 Å². The molecule has 7 nitrogen and oxygen atoms in total. The van der Waals surface area contributed by atoms with E-state index < -0.39 is 0 Å². The molecule has 0 aliphatic carbocycles. The van der Waals surface area contributed by atoms with Crippen LogP contribution in [0.1, 0.15) is 48.5 Å². The molecule has 0 bridgehead atoms. The van der Waals surface area contributed by atoms with Crippen LogP contribution in [0, 0.1) is 5.41 Å². The van der Waals surface area contributed by atoms with Gasteiger partial charge in [0.15, 0.2) is 0 Å². The van der Waals surface area contributed by atoms with Crippen molar-refractivity contribution in [3.05, 3.63) is 10.6 Å². The molecular weight excluding hydrogens is 290 g/mol. The monoisotopic (exact) mass is 311 g/mol. The third kappa shape index (κ3) is 3.15. The van der Waals surface area contributed by atoms with Crippen LogP contribution < -0.4 is 5.73 Å². The molecule has 1 fully saturated rings. The number of amides is 1. The predicted octanol–water partition coefficient (Wildman–Crippen LogP) is 1.48. The first-order chi connectivity index (χ1) is 10.0. The maximum atomic E-state index is 12.6. The quantitative estimate of drug-likeness (QED) is 0.379. The van der Waals surface area contributed by atoms with Crippen molar-refractivity contribution in [2.75, 3.05) is 13.1 Å². The summed E-state index contributed by atoms with van der Waals surface area (Å²) in [6.07, 6.45) is 3.08. The van der Waals surface area contributed by atoms with Gasteiger partial charge in [0.2, 0.25) is 0 Å². The predicted molar refractivity (Wildman–Crippen MR) is 80.6 cm³/mol. The Morgan fingerprint density at radius 2 is 2.19 bits per heavy atom. The van der Waals surface area contributed by atoms with Crippen molar-refractivity contribution in [1.29, 1.82) is 0 Å². The van der Waals surface area contributed by atoms with Crippen LogP contribution in [0.4, 0.5) is 0 Å². The van der Waals surface area contributed by atoms with E-state index in [1.54, 1.807) is 4.90 Å². The van der Waals surface area contributed by atoms with E-state index in [2.05, 4.69) is 21.7 Å². The first-order valence-corrected chi connectivity index (χ1v) is 7.87. The number of amidine groups is 1. The molecule has 1 aromatic heterocycles. The van der Waals surface area contributed by atoms with Crippen molar-refractivity contribution in [2.45, 2.75) is 39.5 Å². The lowest BCUT2D eigenvalue weighted by molar-refractivity contribution is 0.0670. The molecule has 116 valence electrons. The van der Waals surface area contributed by atoms with E-state index in [0.717, 1.165) is 30.1 Å². The van der Waals surface area contributed by atoms with E-state index in [0.29, 0.717) is 30.8 Å². The minimum Gasteiger partial charge on any atom is -0.409 e. The minimum absolute atomic E-state index is 0.00462. The summed E-state index contributed by atoms with van der Waals surface area (Å²) in [5, 5.41) is 16.0. The van der Waals surface area contributed by atoms with Gasteiger partial charge in [0, 0.05) is 18.5 Å². The summed E-state index contributed by atoms with van der Waals surface area (Å²) in [6.45, 7) is 5.20. The Kier molecular flexibility index (Phi) is 4.76. The lowest BCUT2D eigenvalue weighted by atomic mass is 9.79. The van der Waals surface area contributed by atoms with Crippen LogP contribution in [0.25, 0.3) is 0 Å². The highest BCUT2D eigenvalue weighted by atomic mass is 32.1. The molecular formula is C13H21N5O2S. The Morgan fingerprint density at radius 3 is 2.76 bits per heavy atom. The second-order valence-corrected chi connectivity index (χ2v) is 6.39. The zero-order chi connectivity index (χ0) is 15.5. The average Bonchev–Trinajstić information content (AvgIpc) is 2.95. The smallest absolute Gasteiger partial charge is 0.267 e. The molecule has 0 aromatic carbocycles. The van der Waals surface area contributed by atoms with Gasteiger partial charge >= 0.3 is 0 Å². The Hall–Kier alpha value is -1.70. The number of carbonyl (C=O) groups is 1. The number of hydrogen-bond donors (Lipinski definition) is 2. The summed E-state index contributed by atoms with van der Waals surface area (Å²) < 4.78 is 3.90. The van der Waals surface area contributed by atoms with E-state index in [-0.39, 0.29) is 17.2 Å². The largest absolute Gasteiger partial charge is 0.409 e. The number of likely N-dealkylation sites (tertiary alicyclic amines) is 1. The number of rotatable bonds is 4. The zero-order valence-electron chi connectivity index (χ0n) is 12.4. The highest BCUT2D eigenvalue weighted by molar-refractivity contribution is 7.08. The number of aryl methyl sites for hydroxylation is 1. The third-order valence-corrected chi connectivity index (χ3v) is 4.87. The van der Waals surface area contributed by atoms with Gasteiger partial charge in [-0.25, -0.2) is 0 Å². The van der Waals surface area contributed by atoms with Gasteiger partial charge in [-0.3, -0.25) is 4.79 Å². The lowest BCUT2D eigenvalue weighted by Gasteiger charge is -2.38. The van der Waals surface area contributed by atoms with Crippen LogP contribution in [-0.4, -0.2) is 44.5 Å². The molecule has 0 saturated carbocycles. The topological polar surface area (TPSA) is 105 Å². The van der Waals surface area contributed by atoms with Gasteiger partial charge in [-0.15, -0.1) is 5.10 Å². The van der Waals surface area contributed by atoms with Crippen molar-refractivity contribution in [3.8, 4) is 0 Å². The maximum absolute atomic E-state index is 12.6. The van der Waals surface area contributed by atoms with Crippen molar-refractivity contribution in [2.24, 2.45) is 16.3 Å². The van der Waals surface area contributed by atoms with Gasteiger partial charge in [0.05, 0.1) is 5.69 Å². The van der Waals surface area contributed by atoms with Crippen LogP contribution in [0.15, 0.2) is 5.16 Å². The molecule has 1 saturated heterocycles. The van der Waals surface area contributed by atoms with Gasteiger partial charge in [-0.05, 0) is 30.8 Å². The van der Waals surface area contributed by atoms with E-state index in [4.69, 9.17) is 10.9 Å². The number of carbonyl (C=O) groups excluding carboxylic acids is 1. The molecule has 1 aromatic rings. The summed E-state index contributed by atoms with van der Waals surface area (Å²) in [5.41, 5.74) is 6.19. The Bertz CT molecular complexity index is 534. The fourth-order valence-corrected chi connectivity index (χ4v) is 3.17. The SMILES string of the molecule is CCCc1nnsc1C(=O)N1CCC(C)(C(N)=NO)CC1.